The van der Waals surface area contributed by atoms with Gasteiger partial charge in [0.2, 0.25) is 0 Å². The second kappa shape index (κ2) is 4.81. The van der Waals surface area contributed by atoms with Gasteiger partial charge in [-0.3, -0.25) is 0 Å². The molecule has 0 saturated carbocycles. The van der Waals surface area contributed by atoms with Gasteiger partial charge in [-0.2, -0.15) is 0 Å². The topological polar surface area (TPSA) is 47.9 Å². The van der Waals surface area contributed by atoms with Gasteiger partial charge in [0.1, 0.15) is 11.9 Å². The third kappa shape index (κ3) is 2.10. The maximum absolute atomic E-state index is 10.2. The SMILES string of the molecule is COc1c2c(c(OC)c3ccccc13)O[C@H](C(C)(C)O)C2. The molecule has 0 spiro atoms. The first-order chi connectivity index (χ1) is 9.97. The number of rotatable bonds is 3. The maximum atomic E-state index is 10.2. The molecule has 0 amide bonds. The van der Waals surface area contributed by atoms with E-state index in [0.717, 1.165) is 22.1 Å². The average Bonchev–Trinajstić information content (AvgIpc) is 2.89. The van der Waals surface area contributed by atoms with Crippen molar-refractivity contribution in [3.05, 3.63) is 29.8 Å². The number of aliphatic hydroxyl groups is 1. The van der Waals surface area contributed by atoms with Gasteiger partial charge >= 0.3 is 0 Å². The highest BCUT2D eigenvalue weighted by Gasteiger charge is 2.39. The van der Waals surface area contributed by atoms with Crippen molar-refractivity contribution >= 4 is 10.8 Å². The minimum absolute atomic E-state index is 0.313. The summed E-state index contributed by atoms with van der Waals surface area (Å²) in [5.41, 5.74) is 0.0292. The molecular formula is C17H20O4. The Hall–Kier alpha value is -1.94. The van der Waals surface area contributed by atoms with Crippen LogP contribution in [0.1, 0.15) is 19.4 Å². The van der Waals surface area contributed by atoms with Gasteiger partial charge in [0.15, 0.2) is 11.5 Å². The van der Waals surface area contributed by atoms with Crippen LogP contribution in [0.2, 0.25) is 0 Å². The van der Waals surface area contributed by atoms with E-state index in [-0.39, 0.29) is 6.10 Å². The molecule has 112 valence electrons. The van der Waals surface area contributed by atoms with Gasteiger partial charge in [0, 0.05) is 22.8 Å². The Balaban J connectivity index is 2.27. The summed E-state index contributed by atoms with van der Waals surface area (Å²) in [4.78, 5) is 0. The number of fused-ring (bicyclic) bond motifs is 2. The molecule has 4 heteroatoms. The van der Waals surface area contributed by atoms with E-state index in [1.54, 1.807) is 28.1 Å². The smallest absolute Gasteiger partial charge is 0.169 e. The van der Waals surface area contributed by atoms with E-state index in [4.69, 9.17) is 14.2 Å². The summed E-state index contributed by atoms with van der Waals surface area (Å²) in [6.07, 6.45) is 0.288. The van der Waals surface area contributed by atoms with Gasteiger partial charge in [-0.25, -0.2) is 0 Å². The highest BCUT2D eigenvalue weighted by molar-refractivity contribution is 5.97. The first kappa shape index (κ1) is 14.0. The van der Waals surface area contributed by atoms with Gasteiger partial charge in [0.25, 0.3) is 0 Å². The van der Waals surface area contributed by atoms with Crippen molar-refractivity contribution in [3.63, 3.8) is 0 Å². The average molecular weight is 288 g/mol. The highest BCUT2D eigenvalue weighted by Crippen LogP contribution is 2.50. The monoisotopic (exact) mass is 288 g/mol. The fourth-order valence-electron chi connectivity index (χ4n) is 2.91. The Morgan fingerprint density at radius 1 is 1.10 bits per heavy atom. The summed E-state index contributed by atoms with van der Waals surface area (Å²) in [7, 11) is 3.29. The Bertz CT molecular complexity index is 633. The van der Waals surface area contributed by atoms with Crippen LogP contribution in [-0.2, 0) is 6.42 Å². The summed E-state index contributed by atoms with van der Waals surface area (Å²) in [5, 5.41) is 12.2. The lowest BCUT2D eigenvalue weighted by molar-refractivity contribution is -0.0235. The van der Waals surface area contributed by atoms with Crippen molar-refractivity contribution in [3.8, 4) is 17.2 Å². The van der Waals surface area contributed by atoms with Crippen molar-refractivity contribution in [1.82, 2.24) is 0 Å². The fourth-order valence-corrected chi connectivity index (χ4v) is 2.91. The number of ether oxygens (including phenoxy) is 3. The Kier molecular flexibility index (Phi) is 3.21. The van der Waals surface area contributed by atoms with Gasteiger partial charge in [-0.05, 0) is 13.8 Å². The van der Waals surface area contributed by atoms with Crippen molar-refractivity contribution < 1.29 is 19.3 Å². The van der Waals surface area contributed by atoms with Crippen LogP contribution >= 0.6 is 0 Å². The predicted molar refractivity (Wildman–Crippen MR) is 81.5 cm³/mol. The molecule has 21 heavy (non-hydrogen) atoms. The Morgan fingerprint density at radius 3 is 2.19 bits per heavy atom. The molecule has 2 aromatic rings. The third-order valence-electron chi connectivity index (χ3n) is 4.02. The predicted octanol–water partition coefficient (Wildman–Crippen LogP) is 2.93. The van der Waals surface area contributed by atoms with Gasteiger partial charge in [-0.15, -0.1) is 0 Å². The lowest BCUT2D eigenvalue weighted by Crippen LogP contribution is -2.39. The van der Waals surface area contributed by atoms with E-state index in [2.05, 4.69) is 0 Å². The molecule has 0 bridgehead atoms. The van der Waals surface area contributed by atoms with Crippen molar-refractivity contribution in [1.29, 1.82) is 0 Å². The molecule has 0 aromatic heterocycles. The van der Waals surface area contributed by atoms with Gasteiger partial charge < -0.3 is 19.3 Å². The molecule has 4 nitrogen and oxygen atoms in total. The molecular weight excluding hydrogens is 268 g/mol. The molecule has 0 saturated heterocycles. The molecule has 0 aliphatic carbocycles. The molecule has 0 unspecified atom stereocenters. The lowest BCUT2D eigenvalue weighted by Gasteiger charge is -2.24. The zero-order chi connectivity index (χ0) is 15.2. The van der Waals surface area contributed by atoms with Crippen molar-refractivity contribution in [2.24, 2.45) is 0 Å². The van der Waals surface area contributed by atoms with Crippen molar-refractivity contribution in [2.75, 3.05) is 14.2 Å². The normalized spacial score (nSPS) is 17.5. The van der Waals surface area contributed by atoms with Gasteiger partial charge in [0.05, 0.1) is 19.8 Å². The summed E-state index contributed by atoms with van der Waals surface area (Å²) in [5.74, 6) is 2.18. The first-order valence-electron chi connectivity index (χ1n) is 7.02. The molecule has 0 fully saturated rings. The molecule has 1 aliphatic heterocycles. The van der Waals surface area contributed by atoms with Crippen LogP contribution in [0.3, 0.4) is 0 Å². The van der Waals surface area contributed by atoms with E-state index in [0.29, 0.717) is 17.9 Å². The molecule has 1 atom stereocenters. The van der Waals surface area contributed by atoms with Crippen LogP contribution in [0.25, 0.3) is 10.8 Å². The quantitative estimate of drug-likeness (QED) is 0.943. The summed E-state index contributed by atoms with van der Waals surface area (Å²) >= 11 is 0. The van der Waals surface area contributed by atoms with E-state index in [1.165, 1.54) is 0 Å². The third-order valence-corrected chi connectivity index (χ3v) is 4.02. The second-order valence-corrected chi connectivity index (χ2v) is 5.88. The molecule has 1 N–H and O–H groups in total. The number of methoxy groups -OCH3 is 2. The number of hydrogen-bond acceptors (Lipinski definition) is 4. The van der Waals surface area contributed by atoms with E-state index >= 15 is 0 Å². The van der Waals surface area contributed by atoms with Crippen LogP contribution in [0.5, 0.6) is 17.2 Å². The summed E-state index contributed by atoms with van der Waals surface area (Å²) < 4.78 is 17.2. The zero-order valence-corrected chi connectivity index (χ0v) is 12.8. The minimum atomic E-state index is -0.929. The highest BCUT2D eigenvalue weighted by atomic mass is 16.5. The minimum Gasteiger partial charge on any atom is -0.496 e. The Labute approximate surface area is 124 Å². The molecule has 1 heterocycles. The fraction of sp³-hybridized carbons (Fsp3) is 0.412. The van der Waals surface area contributed by atoms with Crippen LogP contribution in [-0.4, -0.2) is 31.0 Å². The molecule has 0 radical (unpaired) electrons. The largest absolute Gasteiger partial charge is 0.496 e. The van der Waals surface area contributed by atoms with Crippen LogP contribution < -0.4 is 14.2 Å². The van der Waals surface area contributed by atoms with E-state index < -0.39 is 5.60 Å². The molecule has 3 rings (SSSR count). The van der Waals surface area contributed by atoms with E-state index in [9.17, 15) is 5.11 Å². The van der Waals surface area contributed by atoms with Crippen LogP contribution in [0, 0.1) is 0 Å². The zero-order valence-electron chi connectivity index (χ0n) is 12.8. The van der Waals surface area contributed by atoms with Crippen molar-refractivity contribution in [2.45, 2.75) is 32.0 Å². The number of benzene rings is 2. The second-order valence-electron chi connectivity index (χ2n) is 5.88. The van der Waals surface area contributed by atoms with Crippen LogP contribution in [0.15, 0.2) is 24.3 Å². The van der Waals surface area contributed by atoms with Crippen LogP contribution in [0.4, 0.5) is 0 Å². The lowest BCUT2D eigenvalue weighted by atomic mass is 9.95. The first-order valence-corrected chi connectivity index (χ1v) is 7.02. The molecule has 1 aliphatic rings. The molecule has 2 aromatic carbocycles. The van der Waals surface area contributed by atoms with Gasteiger partial charge in [-0.1, -0.05) is 24.3 Å². The Morgan fingerprint density at radius 2 is 1.67 bits per heavy atom. The summed E-state index contributed by atoms with van der Waals surface area (Å²) in [6.45, 7) is 3.50. The maximum Gasteiger partial charge on any atom is 0.169 e. The number of hydrogen-bond donors (Lipinski definition) is 1. The summed E-state index contributed by atoms with van der Waals surface area (Å²) in [6, 6.07) is 7.92. The standard InChI is InChI=1S/C17H20O4/c1-17(2,18)13-9-12-14(19-3)10-7-5-6-8-11(10)15(20-4)16(12)21-13/h5-8,13,18H,9H2,1-4H3/t13-/m0/s1. The van der Waals surface area contributed by atoms with E-state index in [1.807, 2.05) is 24.3 Å².